The van der Waals surface area contributed by atoms with E-state index in [4.69, 9.17) is 20.9 Å². The van der Waals surface area contributed by atoms with Crippen molar-refractivity contribution in [3.8, 4) is 17.0 Å². The molecule has 0 spiro atoms. The zero-order valence-corrected chi connectivity index (χ0v) is 14.0. The van der Waals surface area contributed by atoms with Crippen molar-refractivity contribution in [1.29, 1.82) is 0 Å². The Morgan fingerprint density at radius 3 is 2.68 bits per heavy atom. The van der Waals surface area contributed by atoms with Crippen LogP contribution >= 0.6 is 11.6 Å². The molecule has 0 saturated heterocycles. The minimum atomic E-state index is -0.585. The largest absolute Gasteiger partial charge is 0.494 e. The molecule has 0 aliphatic heterocycles. The van der Waals surface area contributed by atoms with E-state index < -0.39 is 5.82 Å². The number of hydrogen-bond donors (Lipinski definition) is 1. The fraction of sp³-hybridized carbons (Fsp3) is 0.111. The number of rotatable bonds is 6. The lowest BCUT2D eigenvalue weighted by Gasteiger charge is -2.05. The number of benzene rings is 2. The molecule has 0 amide bonds. The van der Waals surface area contributed by atoms with Gasteiger partial charge in [0.15, 0.2) is 17.3 Å². The molecular formula is C18H14ClFN2O3. The summed E-state index contributed by atoms with van der Waals surface area (Å²) in [5.74, 6) is -0.441. The highest BCUT2D eigenvalue weighted by Crippen LogP contribution is 2.23. The van der Waals surface area contributed by atoms with Crippen molar-refractivity contribution in [3.63, 3.8) is 0 Å². The molecule has 2 aromatic carbocycles. The molecule has 1 heterocycles. The smallest absolute Gasteiger partial charge is 0.225 e. The number of Topliss-reactive ketones (excluding diaryl/α,β-unsaturated/α-hetero) is 1. The highest BCUT2D eigenvalue weighted by atomic mass is 35.5. The number of anilines is 1. The molecule has 0 aliphatic rings. The van der Waals surface area contributed by atoms with Crippen molar-refractivity contribution in [2.45, 2.75) is 0 Å². The summed E-state index contributed by atoms with van der Waals surface area (Å²) < 4.78 is 23.6. The number of nitrogens with zero attached hydrogens (tertiary/aromatic N) is 1. The highest BCUT2D eigenvalue weighted by molar-refractivity contribution is 6.30. The lowest BCUT2D eigenvalue weighted by atomic mass is 10.1. The molecule has 0 atom stereocenters. The molecule has 3 aromatic rings. The van der Waals surface area contributed by atoms with Crippen LogP contribution in [0.4, 0.5) is 10.3 Å². The molecule has 128 valence electrons. The summed E-state index contributed by atoms with van der Waals surface area (Å²) in [6.45, 7) is -0.0545. The first-order valence-corrected chi connectivity index (χ1v) is 7.78. The van der Waals surface area contributed by atoms with Gasteiger partial charge in [0.2, 0.25) is 5.88 Å². The molecule has 0 unspecified atom stereocenters. The van der Waals surface area contributed by atoms with Crippen molar-refractivity contribution in [1.82, 2.24) is 5.16 Å². The van der Waals surface area contributed by atoms with Crippen LogP contribution in [0, 0.1) is 5.82 Å². The average molecular weight is 361 g/mol. The quantitative estimate of drug-likeness (QED) is 0.658. The topological polar surface area (TPSA) is 64.4 Å². The van der Waals surface area contributed by atoms with Gasteiger partial charge < -0.3 is 14.6 Å². The number of methoxy groups -OCH3 is 1. The summed E-state index contributed by atoms with van der Waals surface area (Å²) in [5, 5.41) is 7.40. The standard InChI is InChI=1S/C18H14ClFN2O3/c1-24-17-7-4-12(8-14(17)20)16(23)10-21-18-9-15(22-25-18)11-2-5-13(19)6-3-11/h2-9,21H,10H2,1H3. The van der Waals surface area contributed by atoms with Crippen LogP contribution in [0.5, 0.6) is 5.75 Å². The SMILES string of the molecule is COc1ccc(C(=O)CNc2cc(-c3ccc(Cl)cc3)no2)cc1F. The Balaban J connectivity index is 1.65. The van der Waals surface area contributed by atoms with E-state index >= 15 is 0 Å². The molecule has 0 saturated carbocycles. The number of aromatic nitrogens is 1. The molecule has 0 fully saturated rings. The maximum atomic E-state index is 13.7. The van der Waals surface area contributed by atoms with E-state index in [1.165, 1.54) is 19.2 Å². The summed E-state index contributed by atoms with van der Waals surface area (Å²) in [7, 11) is 1.36. The third-order valence-corrected chi connectivity index (χ3v) is 3.80. The third kappa shape index (κ3) is 3.97. The first-order valence-electron chi connectivity index (χ1n) is 7.40. The Bertz CT molecular complexity index is 894. The summed E-state index contributed by atoms with van der Waals surface area (Å²) in [6.07, 6.45) is 0. The molecule has 3 rings (SSSR count). The molecular weight excluding hydrogens is 347 g/mol. The van der Waals surface area contributed by atoms with Crippen LogP contribution in [0.2, 0.25) is 5.02 Å². The number of ketones is 1. The molecule has 0 aliphatic carbocycles. The van der Waals surface area contributed by atoms with Crippen molar-refractivity contribution in [3.05, 3.63) is 64.9 Å². The Labute approximate surface area is 148 Å². The lowest BCUT2D eigenvalue weighted by Crippen LogP contribution is -2.13. The van der Waals surface area contributed by atoms with Gasteiger partial charge in [-0.3, -0.25) is 4.79 Å². The fourth-order valence-corrected chi connectivity index (χ4v) is 2.35. The second kappa shape index (κ2) is 7.36. The summed E-state index contributed by atoms with van der Waals surface area (Å²) in [4.78, 5) is 12.1. The minimum absolute atomic E-state index is 0.0545. The molecule has 7 heteroatoms. The van der Waals surface area contributed by atoms with Crippen molar-refractivity contribution < 1.29 is 18.4 Å². The number of ether oxygens (including phenoxy) is 1. The van der Waals surface area contributed by atoms with Crippen LogP contribution in [-0.2, 0) is 0 Å². The van der Waals surface area contributed by atoms with Gasteiger partial charge in [0.1, 0.15) is 5.69 Å². The van der Waals surface area contributed by atoms with Gasteiger partial charge in [0.05, 0.1) is 13.7 Å². The lowest BCUT2D eigenvalue weighted by molar-refractivity contribution is 0.100. The van der Waals surface area contributed by atoms with Crippen LogP contribution in [0.3, 0.4) is 0 Å². The van der Waals surface area contributed by atoms with Crippen LogP contribution in [-0.4, -0.2) is 24.6 Å². The zero-order valence-electron chi connectivity index (χ0n) is 13.3. The van der Waals surface area contributed by atoms with Crippen molar-refractivity contribution >= 4 is 23.3 Å². The van der Waals surface area contributed by atoms with E-state index in [1.54, 1.807) is 18.2 Å². The normalized spacial score (nSPS) is 10.5. The first-order chi connectivity index (χ1) is 12.1. The third-order valence-electron chi connectivity index (χ3n) is 3.55. The summed E-state index contributed by atoms with van der Waals surface area (Å²) in [5.41, 5.74) is 1.69. The predicted molar refractivity (Wildman–Crippen MR) is 92.7 cm³/mol. The molecule has 1 N–H and O–H groups in total. The van der Waals surface area contributed by atoms with Gasteiger partial charge in [-0.25, -0.2) is 4.39 Å². The van der Waals surface area contributed by atoms with Gasteiger partial charge in [-0.15, -0.1) is 0 Å². The van der Waals surface area contributed by atoms with Crippen molar-refractivity contribution in [2.75, 3.05) is 19.0 Å². The first kappa shape index (κ1) is 17.0. The second-order valence-electron chi connectivity index (χ2n) is 5.21. The number of nitrogens with one attached hydrogen (secondary N) is 1. The van der Waals surface area contributed by atoms with Crippen LogP contribution in [0.15, 0.2) is 53.1 Å². The van der Waals surface area contributed by atoms with Gasteiger partial charge in [-0.1, -0.05) is 28.9 Å². The number of hydrogen-bond acceptors (Lipinski definition) is 5. The Kier molecular flexibility index (Phi) is 5.00. The Morgan fingerprint density at radius 1 is 1.24 bits per heavy atom. The van der Waals surface area contributed by atoms with E-state index in [2.05, 4.69) is 10.5 Å². The number of carbonyl (C=O) groups excluding carboxylic acids is 1. The molecule has 0 radical (unpaired) electrons. The monoisotopic (exact) mass is 360 g/mol. The van der Waals surface area contributed by atoms with Crippen molar-refractivity contribution in [2.24, 2.45) is 0 Å². The van der Waals surface area contributed by atoms with Crippen LogP contribution in [0.25, 0.3) is 11.3 Å². The molecule has 0 bridgehead atoms. The fourth-order valence-electron chi connectivity index (χ4n) is 2.22. The van der Waals surface area contributed by atoms with Gasteiger partial charge in [-0.05, 0) is 30.3 Å². The van der Waals surface area contributed by atoms with Crippen LogP contribution in [0.1, 0.15) is 10.4 Å². The second-order valence-corrected chi connectivity index (χ2v) is 5.65. The van der Waals surface area contributed by atoms with Gasteiger partial charge in [0, 0.05) is 22.2 Å². The molecule has 5 nitrogen and oxygen atoms in total. The minimum Gasteiger partial charge on any atom is -0.494 e. The Morgan fingerprint density at radius 2 is 2.00 bits per heavy atom. The summed E-state index contributed by atoms with van der Waals surface area (Å²) in [6, 6.07) is 12.9. The van der Waals surface area contributed by atoms with Gasteiger partial charge >= 0.3 is 0 Å². The zero-order chi connectivity index (χ0) is 17.8. The average Bonchev–Trinajstić information content (AvgIpc) is 3.09. The summed E-state index contributed by atoms with van der Waals surface area (Å²) >= 11 is 5.85. The number of carbonyl (C=O) groups is 1. The van der Waals surface area contributed by atoms with Gasteiger partial charge in [-0.2, -0.15) is 0 Å². The van der Waals surface area contributed by atoms with E-state index in [9.17, 15) is 9.18 Å². The highest BCUT2D eigenvalue weighted by Gasteiger charge is 2.12. The molecule has 1 aromatic heterocycles. The van der Waals surface area contributed by atoms with Gasteiger partial charge in [0.25, 0.3) is 0 Å². The van der Waals surface area contributed by atoms with E-state index in [0.717, 1.165) is 11.6 Å². The Hall–Kier alpha value is -2.86. The maximum Gasteiger partial charge on any atom is 0.225 e. The van der Waals surface area contributed by atoms with Crippen LogP contribution < -0.4 is 10.1 Å². The van der Waals surface area contributed by atoms with E-state index in [-0.39, 0.29) is 23.6 Å². The predicted octanol–water partition coefficient (Wildman–Crippen LogP) is 4.44. The number of halogens is 2. The molecule has 25 heavy (non-hydrogen) atoms. The van der Waals surface area contributed by atoms with E-state index in [0.29, 0.717) is 16.6 Å². The maximum absolute atomic E-state index is 13.7. The van der Waals surface area contributed by atoms with E-state index in [1.807, 2.05) is 12.1 Å².